The molecule has 0 unspecified atom stereocenters. The number of hydrogen-bond acceptors (Lipinski definition) is 3. The maximum absolute atomic E-state index is 8.64. The summed E-state index contributed by atoms with van der Waals surface area (Å²) >= 11 is -1.89. The maximum Gasteiger partial charge on any atom is 0.121 e. The van der Waals surface area contributed by atoms with E-state index in [2.05, 4.69) is 82.7 Å². The van der Waals surface area contributed by atoms with Crippen molar-refractivity contribution in [3.8, 4) is 33.6 Å². The van der Waals surface area contributed by atoms with Gasteiger partial charge in [-0.1, -0.05) is 85.8 Å². The molecule has 49 heavy (non-hydrogen) atoms. The molecule has 0 bridgehead atoms. The summed E-state index contributed by atoms with van der Waals surface area (Å²) in [5.41, 5.74) is 8.47. The van der Waals surface area contributed by atoms with Crippen LogP contribution in [-0.2, 0) is 26.5 Å². The number of pyridine rings is 2. The van der Waals surface area contributed by atoms with Gasteiger partial charge in [0.15, 0.2) is 0 Å². The molecule has 0 saturated heterocycles. The molecule has 3 aromatic heterocycles. The quantitative estimate of drug-likeness (QED) is 0.128. The van der Waals surface area contributed by atoms with Gasteiger partial charge in [0, 0.05) is 34.4 Å². The molecular formula is C44H44GeIrN2O-2. The van der Waals surface area contributed by atoms with Crippen LogP contribution < -0.4 is 4.40 Å². The average Bonchev–Trinajstić information content (AvgIpc) is 3.49. The standard InChI is InChI=1S/C28H24NO.C16H20GeN.Ir/c1-28(2,3)18-19-14-15-29-25(16-19)24-11-7-10-23-22-13-12-21(17-26(22)30-27(23)24)20-8-5-4-6-9-20;1-12-6-8-14(9-7-12)16-10-13(2)15(11-18-16)17(3,4)5;/h4-10,12-17H,18H2,1-3H3;6-8,10-11H,1-5H3;/q2*-1;/i18D2;1D3;. The fraction of sp³-hybridized carbons (Fsp3) is 0.227. The Labute approximate surface area is 315 Å². The molecular weight excluding hydrogens is 837 g/mol. The summed E-state index contributed by atoms with van der Waals surface area (Å²) < 4.78 is 47.2. The van der Waals surface area contributed by atoms with E-state index in [1.807, 2.05) is 63.4 Å². The molecule has 0 fully saturated rings. The Bertz CT molecular complexity index is 2390. The molecule has 0 aliphatic rings. The minimum atomic E-state index is -2.08. The van der Waals surface area contributed by atoms with E-state index in [9.17, 15) is 0 Å². The third-order valence-electron chi connectivity index (χ3n) is 8.08. The molecule has 7 aromatic rings. The van der Waals surface area contributed by atoms with E-state index in [1.165, 1.54) is 16.0 Å². The first-order chi connectivity index (χ1) is 24.8. The van der Waals surface area contributed by atoms with Gasteiger partial charge in [0.05, 0.1) is 5.58 Å². The molecule has 1 radical (unpaired) electrons. The predicted molar refractivity (Wildman–Crippen MR) is 205 cm³/mol. The number of benzene rings is 4. The fourth-order valence-corrected chi connectivity index (χ4v) is 9.47. The SMILES string of the molecule is [2H]C([2H])([2H])c1c[c-]c(-c2cc(C)[c]([Ge]([CH3])([CH3])[CH3])cn2)cc1.[2H]C([2H])(c1ccnc(-c2[c-]ccc3c2oc2cc(-c4ccccc4)ccc23)c1)C(C)(C)C.[Ir]. The molecule has 0 N–H and O–H groups in total. The number of aryl methyl sites for hydroxylation is 2. The second-order valence-corrected chi connectivity index (χ2v) is 24.8. The van der Waals surface area contributed by atoms with Gasteiger partial charge in [-0.2, -0.15) is 0 Å². The van der Waals surface area contributed by atoms with Crippen molar-refractivity contribution < 1.29 is 31.4 Å². The molecule has 7 rings (SSSR count). The van der Waals surface area contributed by atoms with Crippen molar-refractivity contribution in [2.45, 2.75) is 58.2 Å². The zero-order valence-corrected chi connectivity index (χ0v) is 33.5. The van der Waals surface area contributed by atoms with E-state index in [0.717, 1.165) is 44.3 Å². The number of nitrogens with zero attached hydrogens (tertiary/aromatic N) is 2. The van der Waals surface area contributed by atoms with Crippen molar-refractivity contribution in [1.29, 1.82) is 0 Å². The zero-order chi connectivity index (χ0) is 38.3. The molecule has 4 aromatic carbocycles. The van der Waals surface area contributed by atoms with Gasteiger partial charge >= 0.3 is 117 Å². The number of hydrogen-bond donors (Lipinski definition) is 0. The fourth-order valence-electron chi connectivity index (χ4n) is 5.89. The molecule has 251 valence electrons. The van der Waals surface area contributed by atoms with Crippen LogP contribution in [0.3, 0.4) is 0 Å². The third kappa shape index (κ3) is 8.67. The summed E-state index contributed by atoms with van der Waals surface area (Å²) in [5, 5.41) is 2.04. The van der Waals surface area contributed by atoms with Crippen molar-refractivity contribution in [2.24, 2.45) is 5.41 Å². The summed E-state index contributed by atoms with van der Waals surface area (Å²) in [6.07, 6.45) is 2.14. The maximum atomic E-state index is 8.64. The summed E-state index contributed by atoms with van der Waals surface area (Å²) in [6, 6.07) is 37.3. The van der Waals surface area contributed by atoms with E-state index in [-0.39, 0.29) is 20.1 Å². The van der Waals surface area contributed by atoms with Crippen LogP contribution in [0.1, 0.15) is 44.3 Å². The summed E-state index contributed by atoms with van der Waals surface area (Å²) in [4.78, 5) is 9.08. The van der Waals surface area contributed by atoms with Crippen LogP contribution >= 0.6 is 0 Å². The van der Waals surface area contributed by atoms with Gasteiger partial charge in [-0.25, -0.2) is 0 Å². The van der Waals surface area contributed by atoms with Crippen LogP contribution in [-0.4, -0.2) is 23.2 Å². The van der Waals surface area contributed by atoms with Gasteiger partial charge in [0.25, 0.3) is 0 Å². The Balaban J connectivity index is 0.000000223. The molecule has 5 heteroatoms. The van der Waals surface area contributed by atoms with Crippen molar-refractivity contribution >= 4 is 39.6 Å². The van der Waals surface area contributed by atoms with E-state index in [4.69, 9.17) is 11.3 Å². The van der Waals surface area contributed by atoms with Gasteiger partial charge in [-0.15, -0.1) is 18.2 Å². The van der Waals surface area contributed by atoms with Gasteiger partial charge in [-0.3, -0.25) is 0 Å². The molecule has 0 aliphatic heterocycles. The molecule has 0 atom stereocenters. The van der Waals surface area contributed by atoms with Crippen molar-refractivity contribution in [3.05, 3.63) is 138 Å². The van der Waals surface area contributed by atoms with E-state index >= 15 is 0 Å². The summed E-state index contributed by atoms with van der Waals surface area (Å²) in [5.74, 6) is 7.04. The predicted octanol–water partition coefficient (Wildman–Crippen LogP) is 11.4. The second-order valence-electron chi connectivity index (χ2n) is 14.2. The summed E-state index contributed by atoms with van der Waals surface area (Å²) in [7, 11) is 0. The first-order valence-electron chi connectivity index (χ1n) is 18.7. The smallest absolute Gasteiger partial charge is 0.121 e. The topological polar surface area (TPSA) is 38.9 Å². The van der Waals surface area contributed by atoms with E-state index in [0.29, 0.717) is 22.4 Å². The first kappa shape index (κ1) is 30.0. The Kier molecular flexibility index (Phi) is 9.17. The largest absolute Gasteiger partial charge is 0.501 e. The average molecular weight is 887 g/mol. The van der Waals surface area contributed by atoms with Crippen LogP contribution in [0.4, 0.5) is 0 Å². The Morgan fingerprint density at radius 2 is 1.63 bits per heavy atom. The molecule has 0 amide bonds. The van der Waals surface area contributed by atoms with Crippen molar-refractivity contribution in [3.63, 3.8) is 0 Å². The Morgan fingerprint density at radius 3 is 2.31 bits per heavy atom. The first-order valence-corrected chi connectivity index (χ1v) is 23.6. The number of fused-ring (bicyclic) bond motifs is 3. The van der Waals surface area contributed by atoms with Gasteiger partial charge in [0.2, 0.25) is 0 Å². The van der Waals surface area contributed by atoms with E-state index in [1.54, 1.807) is 24.4 Å². The van der Waals surface area contributed by atoms with Crippen LogP contribution in [0.2, 0.25) is 17.3 Å². The molecule has 3 heterocycles. The van der Waals surface area contributed by atoms with Crippen LogP contribution in [0, 0.1) is 31.3 Å². The van der Waals surface area contributed by atoms with Crippen molar-refractivity contribution in [2.75, 3.05) is 0 Å². The normalized spacial score (nSPS) is 13.7. The molecule has 0 spiro atoms. The van der Waals surface area contributed by atoms with Crippen molar-refractivity contribution in [1.82, 2.24) is 9.97 Å². The molecule has 0 saturated carbocycles. The number of aromatic nitrogens is 2. The van der Waals surface area contributed by atoms with Crippen LogP contribution in [0.5, 0.6) is 0 Å². The van der Waals surface area contributed by atoms with Crippen LogP contribution in [0.25, 0.3) is 55.6 Å². The van der Waals surface area contributed by atoms with Gasteiger partial charge in [0.1, 0.15) is 5.58 Å². The minimum Gasteiger partial charge on any atom is -0.501 e. The molecule has 0 aliphatic carbocycles. The number of furan rings is 1. The summed E-state index contributed by atoms with van der Waals surface area (Å²) in [6.45, 7) is 5.76. The Morgan fingerprint density at radius 1 is 0.837 bits per heavy atom. The minimum absolute atomic E-state index is 0. The van der Waals surface area contributed by atoms with Crippen LogP contribution in [0.15, 0.2) is 114 Å². The van der Waals surface area contributed by atoms with Gasteiger partial charge in [-0.05, 0) is 40.7 Å². The van der Waals surface area contributed by atoms with E-state index < -0.39 is 31.9 Å². The third-order valence-corrected chi connectivity index (χ3v) is 12.6. The Hall–Kier alpha value is -3.83. The zero-order valence-electron chi connectivity index (χ0n) is 34.0. The molecule has 3 nitrogen and oxygen atoms in total. The second kappa shape index (κ2) is 15.0. The number of rotatable bonds is 5. The monoisotopic (exact) mass is 888 g/mol. The van der Waals surface area contributed by atoms with Gasteiger partial charge < -0.3 is 9.40 Å².